The van der Waals surface area contributed by atoms with Crippen LogP contribution in [0.15, 0.2) is 18.3 Å². The molecule has 0 radical (unpaired) electrons. The molecular formula is C12H11Cl2NO2. The highest BCUT2D eigenvalue weighted by atomic mass is 35.5. The molecular weight excluding hydrogens is 261 g/mol. The molecule has 0 atom stereocenters. The highest BCUT2D eigenvalue weighted by molar-refractivity contribution is 6.45. The third-order valence-corrected chi connectivity index (χ3v) is 3.44. The van der Waals surface area contributed by atoms with Crippen LogP contribution in [0.4, 0.5) is 0 Å². The number of aromatic nitrogens is 1. The van der Waals surface area contributed by atoms with E-state index in [-0.39, 0.29) is 6.61 Å². The fourth-order valence-electron chi connectivity index (χ4n) is 1.87. The summed E-state index contributed by atoms with van der Waals surface area (Å²) in [6.07, 6.45) is 3.13. The van der Waals surface area contributed by atoms with Gasteiger partial charge >= 0.3 is 0 Å². The van der Waals surface area contributed by atoms with E-state index in [9.17, 15) is 4.79 Å². The minimum Gasteiger partial charge on any atom is -0.396 e. The predicted molar refractivity (Wildman–Crippen MR) is 69.0 cm³/mol. The SMILES string of the molecule is O=Cc1cn(CCCO)c2c(Cl)c(Cl)ccc12. The van der Waals surface area contributed by atoms with E-state index in [0.717, 1.165) is 17.2 Å². The van der Waals surface area contributed by atoms with E-state index < -0.39 is 0 Å². The van der Waals surface area contributed by atoms with Gasteiger partial charge < -0.3 is 9.67 Å². The molecule has 0 aliphatic carbocycles. The third-order valence-electron chi connectivity index (χ3n) is 2.65. The number of hydrogen-bond acceptors (Lipinski definition) is 2. The first kappa shape index (κ1) is 12.4. The van der Waals surface area contributed by atoms with Gasteiger partial charge in [-0.15, -0.1) is 0 Å². The van der Waals surface area contributed by atoms with E-state index in [1.165, 1.54) is 0 Å². The molecule has 1 heterocycles. The molecule has 0 aliphatic heterocycles. The van der Waals surface area contributed by atoms with Crippen molar-refractivity contribution in [3.63, 3.8) is 0 Å². The Morgan fingerprint density at radius 2 is 2.12 bits per heavy atom. The normalized spacial score (nSPS) is 11.0. The van der Waals surface area contributed by atoms with Crippen molar-refractivity contribution in [3.05, 3.63) is 33.9 Å². The fraction of sp³-hybridized carbons (Fsp3) is 0.250. The van der Waals surface area contributed by atoms with Gasteiger partial charge in [0.25, 0.3) is 0 Å². The molecule has 0 saturated heterocycles. The van der Waals surface area contributed by atoms with Gasteiger partial charge in [-0.25, -0.2) is 0 Å². The number of aliphatic hydroxyl groups is 1. The first-order chi connectivity index (χ1) is 8.19. The average Bonchev–Trinajstić information content (AvgIpc) is 2.70. The zero-order valence-electron chi connectivity index (χ0n) is 8.99. The number of aliphatic hydroxyl groups excluding tert-OH is 1. The van der Waals surface area contributed by atoms with E-state index in [4.69, 9.17) is 28.3 Å². The minimum absolute atomic E-state index is 0.0915. The van der Waals surface area contributed by atoms with Crippen molar-refractivity contribution >= 4 is 40.4 Å². The summed E-state index contributed by atoms with van der Waals surface area (Å²) in [5.74, 6) is 0. The van der Waals surface area contributed by atoms with Gasteiger partial charge in [0.2, 0.25) is 0 Å². The van der Waals surface area contributed by atoms with Crippen LogP contribution >= 0.6 is 23.2 Å². The highest BCUT2D eigenvalue weighted by Gasteiger charge is 2.13. The van der Waals surface area contributed by atoms with Crippen molar-refractivity contribution < 1.29 is 9.90 Å². The number of carbonyl (C=O) groups is 1. The number of hydrogen-bond donors (Lipinski definition) is 1. The quantitative estimate of drug-likeness (QED) is 0.869. The highest BCUT2D eigenvalue weighted by Crippen LogP contribution is 2.33. The van der Waals surface area contributed by atoms with Crippen LogP contribution in [0.2, 0.25) is 10.0 Å². The van der Waals surface area contributed by atoms with E-state index in [1.807, 2.05) is 4.57 Å². The fourth-order valence-corrected chi connectivity index (χ4v) is 2.29. The smallest absolute Gasteiger partial charge is 0.152 e. The van der Waals surface area contributed by atoms with Gasteiger partial charge in [0.1, 0.15) is 0 Å². The van der Waals surface area contributed by atoms with E-state index >= 15 is 0 Å². The maximum atomic E-state index is 11.0. The molecule has 1 aromatic carbocycles. The lowest BCUT2D eigenvalue weighted by Crippen LogP contribution is -1.98. The van der Waals surface area contributed by atoms with Crippen LogP contribution in [-0.2, 0) is 6.54 Å². The number of carbonyl (C=O) groups excluding carboxylic acids is 1. The number of aldehydes is 1. The molecule has 0 fully saturated rings. The van der Waals surface area contributed by atoms with Crippen LogP contribution in [0, 0.1) is 0 Å². The standard InChI is InChI=1S/C12H11Cl2NO2/c13-10-3-2-9-8(7-17)6-15(4-1-5-16)12(9)11(10)14/h2-3,6-7,16H,1,4-5H2. The predicted octanol–water partition coefficient (Wildman–Crippen LogP) is 3.14. The van der Waals surface area contributed by atoms with Gasteiger partial charge in [-0.3, -0.25) is 4.79 Å². The number of fused-ring (bicyclic) bond motifs is 1. The van der Waals surface area contributed by atoms with Crippen molar-refractivity contribution in [1.82, 2.24) is 4.57 Å². The molecule has 5 heteroatoms. The molecule has 90 valence electrons. The van der Waals surface area contributed by atoms with Crippen molar-refractivity contribution in [2.75, 3.05) is 6.61 Å². The molecule has 0 bridgehead atoms. The van der Waals surface area contributed by atoms with Gasteiger partial charge in [-0.05, 0) is 12.5 Å². The number of rotatable bonds is 4. The second kappa shape index (κ2) is 5.08. The van der Waals surface area contributed by atoms with Gasteiger partial charge in [-0.1, -0.05) is 29.3 Å². The Morgan fingerprint density at radius 3 is 2.76 bits per heavy atom. The topological polar surface area (TPSA) is 42.2 Å². The minimum atomic E-state index is 0.0915. The molecule has 3 nitrogen and oxygen atoms in total. The molecule has 17 heavy (non-hydrogen) atoms. The van der Waals surface area contributed by atoms with Crippen molar-refractivity contribution in [1.29, 1.82) is 0 Å². The molecule has 0 unspecified atom stereocenters. The lowest BCUT2D eigenvalue weighted by atomic mass is 10.2. The first-order valence-corrected chi connectivity index (χ1v) is 5.97. The second-order valence-corrected chi connectivity index (χ2v) is 4.52. The molecule has 0 aliphatic rings. The summed E-state index contributed by atoms with van der Waals surface area (Å²) in [7, 11) is 0. The summed E-state index contributed by atoms with van der Waals surface area (Å²) in [6, 6.07) is 3.46. The van der Waals surface area contributed by atoms with E-state index in [1.54, 1.807) is 18.3 Å². The van der Waals surface area contributed by atoms with Crippen molar-refractivity contribution in [3.8, 4) is 0 Å². The summed E-state index contributed by atoms with van der Waals surface area (Å²) in [5, 5.41) is 10.5. The zero-order valence-corrected chi connectivity index (χ0v) is 10.5. The summed E-state index contributed by atoms with van der Waals surface area (Å²) >= 11 is 12.1. The van der Waals surface area contributed by atoms with E-state index in [0.29, 0.717) is 28.6 Å². The molecule has 0 spiro atoms. The van der Waals surface area contributed by atoms with Crippen LogP contribution in [0.25, 0.3) is 10.9 Å². The van der Waals surface area contributed by atoms with Gasteiger partial charge in [0, 0.05) is 30.3 Å². The third kappa shape index (κ3) is 2.18. The summed E-state index contributed by atoms with van der Waals surface area (Å²) in [4.78, 5) is 11.0. The molecule has 1 aromatic heterocycles. The Hall–Kier alpha value is -1.03. The van der Waals surface area contributed by atoms with E-state index in [2.05, 4.69) is 0 Å². The number of aryl methyl sites for hydroxylation is 1. The Bertz CT molecular complexity index is 563. The Morgan fingerprint density at radius 1 is 1.35 bits per heavy atom. The largest absolute Gasteiger partial charge is 0.396 e. The molecule has 0 amide bonds. The average molecular weight is 272 g/mol. The summed E-state index contributed by atoms with van der Waals surface area (Å²) in [5.41, 5.74) is 1.33. The second-order valence-electron chi connectivity index (χ2n) is 3.73. The van der Waals surface area contributed by atoms with Crippen LogP contribution < -0.4 is 0 Å². The summed E-state index contributed by atoms with van der Waals surface area (Å²) < 4.78 is 1.85. The zero-order chi connectivity index (χ0) is 12.4. The Labute approximate surface area is 109 Å². The molecule has 1 N–H and O–H groups in total. The van der Waals surface area contributed by atoms with Crippen LogP contribution in [0.1, 0.15) is 16.8 Å². The lowest BCUT2D eigenvalue weighted by molar-refractivity contribution is 0.112. The Balaban J connectivity index is 2.66. The monoisotopic (exact) mass is 271 g/mol. The van der Waals surface area contributed by atoms with Crippen molar-refractivity contribution in [2.45, 2.75) is 13.0 Å². The molecule has 2 aromatic rings. The maximum absolute atomic E-state index is 11.0. The lowest BCUT2D eigenvalue weighted by Gasteiger charge is -2.06. The van der Waals surface area contributed by atoms with Crippen LogP contribution in [0.5, 0.6) is 0 Å². The first-order valence-electron chi connectivity index (χ1n) is 5.22. The summed E-state index contributed by atoms with van der Waals surface area (Å²) in [6.45, 7) is 0.690. The van der Waals surface area contributed by atoms with Crippen molar-refractivity contribution in [2.24, 2.45) is 0 Å². The van der Waals surface area contributed by atoms with Gasteiger partial charge in [-0.2, -0.15) is 0 Å². The Kier molecular flexibility index (Phi) is 3.72. The molecule has 0 saturated carbocycles. The molecule has 2 rings (SSSR count). The van der Waals surface area contributed by atoms with Gasteiger partial charge in [0.05, 0.1) is 15.6 Å². The maximum Gasteiger partial charge on any atom is 0.152 e. The van der Waals surface area contributed by atoms with Crippen LogP contribution in [-0.4, -0.2) is 22.6 Å². The van der Waals surface area contributed by atoms with Crippen LogP contribution in [0.3, 0.4) is 0 Å². The number of nitrogens with zero attached hydrogens (tertiary/aromatic N) is 1. The van der Waals surface area contributed by atoms with Gasteiger partial charge in [0.15, 0.2) is 6.29 Å². The number of benzene rings is 1. The number of halogens is 2.